The number of para-hydroxylation sites is 1. The van der Waals surface area contributed by atoms with Gasteiger partial charge in [-0.3, -0.25) is 19.4 Å². The van der Waals surface area contributed by atoms with E-state index in [1.54, 1.807) is 0 Å². The average Bonchev–Trinajstić information content (AvgIpc) is 3.02. The van der Waals surface area contributed by atoms with Gasteiger partial charge in [-0.05, 0) is 68.4 Å². The summed E-state index contributed by atoms with van der Waals surface area (Å²) in [6, 6.07) is 9.10. The zero-order chi connectivity index (χ0) is 19.6. The van der Waals surface area contributed by atoms with Gasteiger partial charge in [-0.15, -0.1) is 0 Å². The van der Waals surface area contributed by atoms with Crippen LogP contribution < -0.4 is 4.90 Å². The van der Waals surface area contributed by atoms with Gasteiger partial charge in [0.05, 0.1) is 18.2 Å². The van der Waals surface area contributed by atoms with Gasteiger partial charge in [0.2, 0.25) is 5.91 Å². The van der Waals surface area contributed by atoms with Crippen molar-refractivity contribution >= 4 is 17.5 Å². The van der Waals surface area contributed by atoms with E-state index >= 15 is 0 Å². The highest BCUT2D eigenvalue weighted by atomic mass is 16.2. The lowest BCUT2D eigenvalue weighted by Crippen LogP contribution is -2.64. The van der Waals surface area contributed by atoms with Gasteiger partial charge in [-0.2, -0.15) is 0 Å². The number of imide groups is 1. The second-order valence-electron chi connectivity index (χ2n) is 10.3. The first-order chi connectivity index (χ1) is 14.1. The van der Waals surface area contributed by atoms with E-state index in [2.05, 4.69) is 9.80 Å². The van der Waals surface area contributed by atoms with Crippen molar-refractivity contribution in [1.29, 1.82) is 0 Å². The fraction of sp³-hybridized carbons (Fsp3) is 0.667. The summed E-state index contributed by atoms with van der Waals surface area (Å²) < 4.78 is 0. The van der Waals surface area contributed by atoms with Gasteiger partial charge in [0.25, 0.3) is 5.91 Å². The van der Waals surface area contributed by atoms with Crippen molar-refractivity contribution in [2.45, 2.75) is 56.5 Å². The second kappa shape index (κ2) is 6.64. The maximum Gasteiger partial charge on any atom is 0.251 e. The number of rotatable bonds is 3. The molecule has 1 atom stereocenters. The van der Waals surface area contributed by atoms with E-state index in [0.717, 1.165) is 43.9 Å². The van der Waals surface area contributed by atoms with Crippen LogP contribution in [-0.2, 0) is 9.59 Å². The average molecular weight is 394 g/mol. The number of carbonyl (C=O) groups is 2. The molecule has 1 aromatic rings. The molecule has 2 saturated heterocycles. The summed E-state index contributed by atoms with van der Waals surface area (Å²) in [7, 11) is 0. The lowest BCUT2D eigenvalue weighted by Gasteiger charge is -2.61. The van der Waals surface area contributed by atoms with Crippen molar-refractivity contribution in [2.75, 3.05) is 31.1 Å². The molecule has 1 aromatic carbocycles. The number of carbonyl (C=O) groups excluding carboxylic acids is 2. The molecule has 0 aromatic heterocycles. The first kappa shape index (κ1) is 18.1. The molecule has 1 unspecified atom stereocenters. The Morgan fingerprint density at radius 1 is 0.793 bits per heavy atom. The third kappa shape index (κ3) is 2.89. The van der Waals surface area contributed by atoms with E-state index in [4.69, 9.17) is 0 Å². The molecule has 7 rings (SSSR count). The minimum atomic E-state index is -0.277. The highest BCUT2D eigenvalue weighted by Crippen LogP contribution is 2.57. The lowest BCUT2D eigenvalue weighted by molar-refractivity contribution is -0.125. The molecule has 6 fully saturated rings. The zero-order valence-corrected chi connectivity index (χ0v) is 17.1. The van der Waals surface area contributed by atoms with E-state index in [0.29, 0.717) is 17.6 Å². The Hall–Kier alpha value is -1.72. The Morgan fingerprint density at radius 3 is 1.97 bits per heavy atom. The van der Waals surface area contributed by atoms with E-state index < -0.39 is 0 Å². The molecular weight excluding hydrogens is 362 g/mol. The van der Waals surface area contributed by atoms with Crippen LogP contribution in [0.2, 0.25) is 0 Å². The van der Waals surface area contributed by atoms with Gasteiger partial charge in [0.15, 0.2) is 0 Å². The number of anilines is 1. The summed E-state index contributed by atoms with van der Waals surface area (Å²) >= 11 is 0. The molecule has 2 aliphatic heterocycles. The van der Waals surface area contributed by atoms with E-state index in [9.17, 15) is 9.59 Å². The largest absolute Gasteiger partial charge is 0.295 e. The summed E-state index contributed by atoms with van der Waals surface area (Å²) in [6.07, 6.45) is 8.98. The Bertz CT molecular complexity index is 779. The smallest absolute Gasteiger partial charge is 0.251 e. The van der Waals surface area contributed by atoms with E-state index in [-0.39, 0.29) is 17.9 Å². The fourth-order valence-electron chi connectivity index (χ4n) is 7.71. The molecule has 29 heavy (non-hydrogen) atoms. The molecule has 154 valence electrons. The van der Waals surface area contributed by atoms with Crippen LogP contribution in [0.4, 0.5) is 5.69 Å². The Balaban J connectivity index is 1.14. The minimum absolute atomic E-state index is 0.0375. The maximum absolute atomic E-state index is 13.1. The van der Waals surface area contributed by atoms with Crippen molar-refractivity contribution < 1.29 is 9.59 Å². The molecule has 4 aliphatic carbocycles. The third-order valence-corrected chi connectivity index (χ3v) is 8.57. The normalized spacial score (nSPS) is 40.2. The standard InChI is InChI=1S/C24H31N3O2/c28-22-13-21(23(29)27(22)20-4-2-1-3-5-20)25-6-8-26(9-7-25)24-14-17-10-18(15-24)12-19(11-17)16-24/h1-5,17-19,21H,6-16H2. The van der Waals surface area contributed by atoms with Gasteiger partial charge in [-0.1, -0.05) is 18.2 Å². The quantitative estimate of drug-likeness (QED) is 0.741. The molecular formula is C24H31N3O2. The lowest BCUT2D eigenvalue weighted by atomic mass is 9.52. The zero-order valence-electron chi connectivity index (χ0n) is 17.1. The molecule has 0 N–H and O–H groups in total. The van der Waals surface area contributed by atoms with Crippen LogP contribution >= 0.6 is 0 Å². The second-order valence-corrected chi connectivity index (χ2v) is 10.3. The number of hydrogen-bond donors (Lipinski definition) is 0. The first-order valence-electron chi connectivity index (χ1n) is 11.5. The molecule has 5 heteroatoms. The summed E-state index contributed by atoms with van der Waals surface area (Å²) in [5.41, 5.74) is 1.16. The Labute approximate surface area is 173 Å². The molecule has 6 aliphatic rings. The van der Waals surface area contributed by atoms with Crippen molar-refractivity contribution in [1.82, 2.24) is 9.80 Å². The highest BCUT2D eigenvalue weighted by Gasteiger charge is 2.54. The predicted octanol–water partition coefficient (Wildman–Crippen LogP) is 2.90. The third-order valence-electron chi connectivity index (χ3n) is 8.57. The maximum atomic E-state index is 13.1. The number of nitrogens with zero attached hydrogens (tertiary/aromatic N) is 3. The van der Waals surface area contributed by atoms with Crippen LogP contribution in [0.3, 0.4) is 0 Å². The first-order valence-corrected chi connectivity index (χ1v) is 11.5. The van der Waals surface area contributed by atoms with Gasteiger partial charge >= 0.3 is 0 Å². The Kier molecular flexibility index (Phi) is 4.14. The molecule has 4 saturated carbocycles. The molecule has 5 nitrogen and oxygen atoms in total. The van der Waals surface area contributed by atoms with Crippen molar-refractivity contribution in [3.05, 3.63) is 30.3 Å². The summed E-state index contributed by atoms with van der Waals surface area (Å²) in [5, 5.41) is 0. The minimum Gasteiger partial charge on any atom is -0.295 e. The van der Waals surface area contributed by atoms with Crippen LogP contribution in [0.5, 0.6) is 0 Å². The number of piperazine rings is 1. The van der Waals surface area contributed by atoms with Gasteiger partial charge in [0, 0.05) is 31.7 Å². The summed E-state index contributed by atoms with van der Waals surface area (Å²) in [6.45, 7) is 3.92. The van der Waals surface area contributed by atoms with Gasteiger partial charge in [0.1, 0.15) is 0 Å². The van der Waals surface area contributed by atoms with Crippen LogP contribution in [0.1, 0.15) is 44.9 Å². The van der Waals surface area contributed by atoms with Crippen LogP contribution in [0.25, 0.3) is 0 Å². The molecule has 2 heterocycles. The highest BCUT2D eigenvalue weighted by molar-refractivity contribution is 6.22. The number of hydrogen-bond acceptors (Lipinski definition) is 4. The molecule has 2 amide bonds. The van der Waals surface area contributed by atoms with Crippen molar-refractivity contribution in [2.24, 2.45) is 17.8 Å². The topological polar surface area (TPSA) is 43.9 Å². The fourth-order valence-corrected chi connectivity index (χ4v) is 7.71. The van der Waals surface area contributed by atoms with E-state index in [1.165, 1.54) is 43.4 Å². The Morgan fingerprint density at radius 2 is 1.38 bits per heavy atom. The van der Waals surface area contributed by atoms with Crippen molar-refractivity contribution in [3.63, 3.8) is 0 Å². The SMILES string of the molecule is O=C1CC(N2CCN(C34CC5CC(CC(C5)C3)C4)CC2)C(=O)N1c1ccccc1. The van der Waals surface area contributed by atoms with Crippen molar-refractivity contribution in [3.8, 4) is 0 Å². The van der Waals surface area contributed by atoms with Gasteiger partial charge in [-0.25, -0.2) is 4.90 Å². The number of amides is 2. The molecule has 0 radical (unpaired) electrons. The molecule has 4 bridgehead atoms. The van der Waals surface area contributed by atoms with Crippen LogP contribution in [0.15, 0.2) is 30.3 Å². The van der Waals surface area contributed by atoms with Crippen LogP contribution in [-0.4, -0.2) is 59.4 Å². The van der Waals surface area contributed by atoms with Gasteiger partial charge < -0.3 is 0 Å². The number of benzene rings is 1. The van der Waals surface area contributed by atoms with Crippen LogP contribution in [0, 0.1) is 17.8 Å². The summed E-state index contributed by atoms with van der Waals surface area (Å²) in [4.78, 5) is 32.1. The monoisotopic (exact) mass is 393 g/mol. The molecule has 0 spiro atoms. The predicted molar refractivity (Wildman–Crippen MR) is 111 cm³/mol. The summed E-state index contributed by atoms with van der Waals surface area (Å²) in [5.74, 6) is 2.80. The van der Waals surface area contributed by atoms with E-state index in [1.807, 2.05) is 30.3 Å².